The molecule has 0 radical (unpaired) electrons. The summed E-state index contributed by atoms with van der Waals surface area (Å²) in [5, 5.41) is 2.24. The molecule has 4 rings (SSSR count). The molecular weight excluding hydrogens is 350 g/mol. The monoisotopic (exact) mass is 373 g/mol. The summed E-state index contributed by atoms with van der Waals surface area (Å²) in [6, 6.07) is 21.6. The maximum Gasteiger partial charge on any atom is 0.337 e. The molecular formula is C24H23NO3. The minimum atomic E-state index is -0.317. The summed E-state index contributed by atoms with van der Waals surface area (Å²) in [4.78, 5) is 26.4. The molecule has 1 aliphatic heterocycles. The highest BCUT2D eigenvalue weighted by atomic mass is 16.5. The molecule has 0 atom stereocenters. The highest BCUT2D eigenvalue weighted by Gasteiger charge is 2.24. The molecule has 4 nitrogen and oxygen atoms in total. The second-order valence-corrected chi connectivity index (χ2v) is 7.24. The van der Waals surface area contributed by atoms with Gasteiger partial charge in [0.15, 0.2) is 0 Å². The number of rotatable bonds is 3. The number of methoxy groups -OCH3 is 1. The zero-order chi connectivity index (χ0) is 19.5. The van der Waals surface area contributed by atoms with E-state index in [1.165, 1.54) is 12.7 Å². The van der Waals surface area contributed by atoms with Crippen molar-refractivity contribution in [3.63, 3.8) is 0 Å². The van der Waals surface area contributed by atoms with Gasteiger partial charge in [0.05, 0.1) is 12.7 Å². The number of carbonyl (C=O) groups excluding carboxylic acids is 2. The van der Waals surface area contributed by atoms with E-state index < -0.39 is 0 Å². The van der Waals surface area contributed by atoms with E-state index in [1.807, 2.05) is 65.6 Å². The highest BCUT2D eigenvalue weighted by Crippen LogP contribution is 2.29. The molecule has 0 unspecified atom stereocenters. The molecule has 0 spiro atoms. The van der Waals surface area contributed by atoms with Gasteiger partial charge in [0.25, 0.3) is 5.91 Å². The van der Waals surface area contributed by atoms with Crippen molar-refractivity contribution in [2.75, 3.05) is 20.2 Å². The van der Waals surface area contributed by atoms with E-state index in [2.05, 4.69) is 6.07 Å². The van der Waals surface area contributed by atoms with E-state index in [1.54, 1.807) is 0 Å². The number of nitrogens with zero attached hydrogens (tertiary/aromatic N) is 1. The SMILES string of the molecule is COC(=O)c1ccc(C2CCN(C(=O)c3ccc4ccccc4c3)CC2)cc1. The van der Waals surface area contributed by atoms with Crippen molar-refractivity contribution in [1.82, 2.24) is 4.90 Å². The van der Waals surface area contributed by atoms with Crippen molar-refractivity contribution >= 4 is 22.6 Å². The molecule has 0 aromatic heterocycles. The Kier molecular flexibility index (Phi) is 5.11. The first-order chi connectivity index (χ1) is 13.7. The molecule has 1 heterocycles. The second-order valence-electron chi connectivity index (χ2n) is 7.24. The maximum atomic E-state index is 12.9. The van der Waals surface area contributed by atoms with Crippen LogP contribution >= 0.6 is 0 Å². The summed E-state index contributed by atoms with van der Waals surface area (Å²) in [6.45, 7) is 1.49. The molecule has 0 aliphatic carbocycles. The van der Waals surface area contributed by atoms with Crippen LogP contribution in [-0.2, 0) is 4.74 Å². The van der Waals surface area contributed by atoms with E-state index in [0.717, 1.165) is 42.3 Å². The average Bonchev–Trinajstić information content (AvgIpc) is 2.78. The van der Waals surface area contributed by atoms with Gasteiger partial charge in [0.1, 0.15) is 0 Å². The van der Waals surface area contributed by atoms with Gasteiger partial charge in [-0.1, -0.05) is 42.5 Å². The van der Waals surface area contributed by atoms with Crippen molar-refractivity contribution in [3.05, 3.63) is 83.4 Å². The van der Waals surface area contributed by atoms with Gasteiger partial charge in [0.2, 0.25) is 0 Å². The summed E-state index contributed by atoms with van der Waals surface area (Å²) in [5.74, 6) is 0.194. The maximum absolute atomic E-state index is 12.9. The van der Waals surface area contributed by atoms with Gasteiger partial charge in [-0.2, -0.15) is 0 Å². The number of hydrogen-bond donors (Lipinski definition) is 0. The number of likely N-dealkylation sites (tertiary alicyclic amines) is 1. The predicted octanol–water partition coefficient (Wildman–Crippen LogP) is 4.65. The summed E-state index contributed by atoms with van der Waals surface area (Å²) >= 11 is 0. The van der Waals surface area contributed by atoms with Gasteiger partial charge in [-0.3, -0.25) is 4.79 Å². The predicted molar refractivity (Wildman–Crippen MR) is 110 cm³/mol. The molecule has 1 aliphatic rings. The first-order valence-electron chi connectivity index (χ1n) is 9.62. The lowest BCUT2D eigenvalue weighted by atomic mass is 9.88. The summed E-state index contributed by atoms with van der Waals surface area (Å²) in [7, 11) is 1.39. The van der Waals surface area contributed by atoms with Crippen LogP contribution < -0.4 is 0 Å². The Morgan fingerprint density at radius 2 is 1.50 bits per heavy atom. The number of carbonyl (C=O) groups is 2. The van der Waals surface area contributed by atoms with E-state index in [9.17, 15) is 9.59 Å². The summed E-state index contributed by atoms with van der Waals surface area (Å²) < 4.78 is 4.75. The summed E-state index contributed by atoms with van der Waals surface area (Å²) in [5.41, 5.74) is 2.53. The molecule has 28 heavy (non-hydrogen) atoms. The minimum Gasteiger partial charge on any atom is -0.465 e. The first kappa shape index (κ1) is 18.2. The number of ether oxygens (including phenoxy) is 1. The number of esters is 1. The third-order valence-corrected chi connectivity index (χ3v) is 5.58. The minimum absolute atomic E-state index is 0.102. The lowest BCUT2D eigenvalue weighted by Gasteiger charge is -2.32. The number of hydrogen-bond acceptors (Lipinski definition) is 3. The van der Waals surface area contributed by atoms with Crippen molar-refractivity contribution in [2.24, 2.45) is 0 Å². The van der Waals surface area contributed by atoms with Crippen molar-refractivity contribution in [2.45, 2.75) is 18.8 Å². The van der Waals surface area contributed by atoms with Gasteiger partial charge < -0.3 is 9.64 Å². The fourth-order valence-electron chi connectivity index (χ4n) is 3.93. The summed E-state index contributed by atoms with van der Waals surface area (Å²) in [6.07, 6.45) is 1.85. The Labute approximate surface area is 164 Å². The van der Waals surface area contributed by atoms with Crippen LogP contribution in [0, 0.1) is 0 Å². The van der Waals surface area contributed by atoms with Crippen LogP contribution in [0.25, 0.3) is 10.8 Å². The number of benzene rings is 3. The fourth-order valence-corrected chi connectivity index (χ4v) is 3.93. The second kappa shape index (κ2) is 7.85. The molecule has 0 N–H and O–H groups in total. The largest absolute Gasteiger partial charge is 0.465 e. The van der Waals surface area contributed by atoms with Crippen LogP contribution in [-0.4, -0.2) is 37.0 Å². The molecule has 1 amide bonds. The van der Waals surface area contributed by atoms with Crippen molar-refractivity contribution in [1.29, 1.82) is 0 Å². The zero-order valence-corrected chi connectivity index (χ0v) is 15.9. The van der Waals surface area contributed by atoms with Crippen LogP contribution in [0.1, 0.15) is 45.0 Å². The van der Waals surface area contributed by atoms with E-state index >= 15 is 0 Å². The molecule has 3 aromatic carbocycles. The molecule has 1 fully saturated rings. The van der Waals surface area contributed by atoms with Crippen LogP contribution in [0.5, 0.6) is 0 Å². The van der Waals surface area contributed by atoms with Gasteiger partial charge in [-0.05, 0) is 59.4 Å². The zero-order valence-electron chi connectivity index (χ0n) is 15.9. The van der Waals surface area contributed by atoms with Crippen molar-refractivity contribution in [3.8, 4) is 0 Å². The number of piperidine rings is 1. The Morgan fingerprint density at radius 1 is 0.857 bits per heavy atom. The Morgan fingerprint density at radius 3 is 2.18 bits per heavy atom. The van der Waals surface area contributed by atoms with Gasteiger partial charge >= 0.3 is 5.97 Å². The third kappa shape index (κ3) is 3.63. The molecule has 4 heteroatoms. The molecule has 3 aromatic rings. The van der Waals surface area contributed by atoms with E-state index in [-0.39, 0.29) is 11.9 Å². The van der Waals surface area contributed by atoms with Gasteiger partial charge in [-0.25, -0.2) is 4.79 Å². The standard InChI is InChI=1S/C24H23NO3/c1-28-24(27)20-9-6-18(7-10-20)19-12-14-25(15-13-19)23(26)22-11-8-17-4-2-3-5-21(17)16-22/h2-11,16,19H,12-15H2,1H3. The van der Waals surface area contributed by atoms with E-state index in [0.29, 0.717) is 11.5 Å². The molecule has 1 saturated heterocycles. The molecule has 142 valence electrons. The molecule has 0 bridgehead atoms. The van der Waals surface area contributed by atoms with Crippen LogP contribution in [0.2, 0.25) is 0 Å². The normalized spacial score (nSPS) is 14.8. The van der Waals surface area contributed by atoms with E-state index in [4.69, 9.17) is 4.74 Å². The first-order valence-corrected chi connectivity index (χ1v) is 9.62. The Balaban J connectivity index is 1.41. The Hall–Kier alpha value is -3.14. The third-order valence-electron chi connectivity index (χ3n) is 5.58. The van der Waals surface area contributed by atoms with Gasteiger partial charge in [0, 0.05) is 18.7 Å². The fraction of sp³-hybridized carbons (Fsp3) is 0.250. The van der Waals surface area contributed by atoms with Crippen LogP contribution in [0.4, 0.5) is 0 Å². The molecule has 0 saturated carbocycles. The lowest BCUT2D eigenvalue weighted by molar-refractivity contribution is 0.0600. The topological polar surface area (TPSA) is 46.6 Å². The van der Waals surface area contributed by atoms with Gasteiger partial charge in [-0.15, -0.1) is 0 Å². The number of fused-ring (bicyclic) bond motifs is 1. The van der Waals surface area contributed by atoms with Crippen LogP contribution in [0.15, 0.2) is 66.7 Å². The average molecular weight is 373 g/mol. The Bertz CT molecular complexity index is 1000. The highest BCUT2D eigenvalue weighted by molar-refractivity contribution is 5.98. The quantitative estimate of drug-likeness (QED) is 0.628. The van der Waals surface area contributed by atoms with Crippen molar-refractivity contribution < 1.29 is 14.3 Å². The lowest BCUT2D eigenvalue weighted by Crippen LogP contribution is -2.37. The smallest absolute Gasteiger partial charge is 0.337 e. The van der Waals surface area contributed by atoms with Crippen LogP contribution in [0.3, 0.4) is 0 Å². The number of amides is 1.